The lowest BCUT2D eigenvalue weighted by Gasteiger charge is -2.25. The maximum Gasteiger partial charge on any atom is 0.323 e. The summed E-state index contributed by atoms with van der Waals surface area (Å²) in [5.74, 6) is -0.118. The highest BCUT2D eigenvalue weighted by molar-refractivity contribution is 5.76. The zero-order chi connectivity index (χ0) is 18.9. The minimum absolute atomic E-state index is 0.201. The molecule has 0 aliphatic heterocycles. The van der Waals surface area contributed by atoms with Gasteiger partial charge in [0.1, 0.15) is 23.5 Å². The second kappa shape index (κ2) is 10.0. The summed E-state index contributed by atoms with van der Waals surface area (Å²) in [5, 5.41) is 0. The fourth-order valence-corrected chi connectivity index (χ4v) is 2.19. The SMILES string of the molecule is CCOC(=O)CCC(CC(N)C(=O)OC(C)(C)C)Oc1ccccc1. The molecule has 0 saturated heterocycles. The third-order valence-electron chi connectivity index (χ3n) is 3.25. The molecule has 25 heavy (non-hydrogen) atoms. The average Bonchev–Trinajstić information content (AvgIpc) is 2.52. The van der Waals surface area contributed by atoms with E-state index in [4.69, 9.17) is 19.9 Å². The first kappa shape index (κ1) is 21.0. The van der Waals surface area contributed by atoms with Crippen molar-refractivity contribution in [3.63, 3.8) is 0 Å². The van der Waals surface area contributed by atoms with E-state index in [2.05, 4.69) is 0 Å². The lowest BCUT2D eigenvalue weighted by atomic mass is 10.0. The largest absolute Gasteiger partial charge is 0.490 e. The number of hydrogen-bond acceptors (Lipinski definition) is 6. The first-order chi connectivity index (χ1) is 11.7. The van der Waals surface area contributed by atoms with Gasteiger partial charge >= 0.3 is 11.9 Å². The molecule has 0 bridgehead atoms. The van der Waals surface area contributed by atoms with E-state index in [-0.39, 0.29) is 18.8 Å². The molecule has 0 saturated carbocycles. The third-order valence-corrected chi connectivity index (χ3v) is 3.25. The first-order valence-electron chi connectivity index (χ1n) is 8.57. The Labute approximate surface area is 149 Å². The maximum atomic E-state index is 12.1. The molecule has 0 aliphatic carbocycles. The summed E-state index contributed by atoms with van der Waals surface area (Å²) in [6.07, 6.45) is 0.467. The summed E-state index contributed by atoms with van der Waals surface area (Å²) in [6.45, 7) is 7.46. The molecule has 0 heterocycles. The smallest absolute Gasteiger partial charge is 0.323 e. The molecule has 6 heteroatoms. The Morgan fingerprint density at radius 2 is 1.80 bits per heavy atom. The number of carbonyl (C=O) groups excluding carboxylic acids is 2. The van der Waals surface area contributed by atoms with Crippen LogP contribution in [0.1, 0.15) is 47.0 Å². The van der Waals surface area contributed by atoms with Crippen molar-refractivity contribution >= 4 is 11.9 Å². The summed E-state index contributed by atoms with van der Waals surface area (Å²) in [6, 6.07) is 8.40. The van der Waals surface area contributed by atoms with Crippen molar-refractivity contribution in [2.45, 2.75) is 64.7 Å². The van der Waals surface area contributed by atoms with Gasteiger partial charge < -0.3 is 19.9 Å². The van der Waals surface area contributed by atoms with Gasteiger partial charge in [0.25, 0.3) is 0 Å². The molecule has 1 rings (SSSR count). The van der Waals surface area contributed by atoms with Gasteiger partial charge in [0, 0.05) is 12.8 Å². The van der Waals surface area contributed by atoms with Crippen molar-refractivity contribution in [2.24, 2.45) is 5.73 Å². The van der Waals surface area contributed by atoms with Gasteiger partial charge in [-0.1, -0.05) is 18.2 Å². The summed E-state index contributed by atoms with van der Waals surface area (Å²) < 4.78 is 16.1. The van der Waals surface area contributed by atoms with Gasteiger partial charge in [-0.15, -0.1) is 0 Å². The molecule has 6 nitrogen and oxygen atoms in total. The number of para-hydroxylation sites is 1. The van der Waals surface area contributed by atoms with Crippen molar-refractivity contribution in [1.82, 2.24) is 0 Å². The highest BCUT2D eigenvalue weighted by Gasteiger charge is 2.26. The molecular formula is C19H29NO5. The maximum absolute atomic E-state index is 12.1. The minimum Gasteiger partial charge on any atom is -0.490 e. The third kappa shape index (κ3) is 9.10. The van der Waals surface area contributed by atoms with Crippen LogP contribution in [0.2, 0.25) is 0 Å². The Hall–Kier alpha value is -2.08. The van der Waals surface area contributed by atoms with E-state index < -0.39 is 23.7 Å². The molecule has 2 unspecified atom stereocenters. The van der Waals surface area contributed by atoms with Crippen molar-refractivity contribution in [1.29, 1.82) is 0 Å². The Balaban J connectivity index is 2.69. The number of esters is 2. The molecule has 0 aliphatic rings. The number of hydrogen-bond donors (Lipinski definition) is 1. The molecule has 1 aromatic carbocycles. The number of rotatable bonds is 9. The topological polar surface area (TPSA) is 87.9 Å². The fourth-order valence-electron chi connectivity index (χ4n) is 2.19. The van der Waals surface area contributed by atoms with Crippen LogP contribution in [0.3, 0.4) is 0 Å². The van der Waals surface area contributed by atoms with Crippen molar-refractivity contribution in [3.8, 4) is 5.75 Å². The summed E-state index contributed by atoms with van der Waals surface area (Å²) in [4.78, 5) is 23.7. The molecular weight excluding hydrogens is 322 g/mol. The normalized spacial score (nSPS) is 13.6. The van der Waals surface area contributed by atoms with E-state index in [1.165, 1.54) is 0 Å². The number of benzene rings is 1. The molecule has 0 aromatic heterocycles. The van der Waals surface area contributed by atoms with E-state index >= 15 is 0 Å². The van der Waals surface area contributed by atoms with Gasteiger partial charge in [-0.05, 0) is 46.2 Å². The Kier molecular flexibility index (Phi) is 8.41. The van der Waals surface area contributed by atoms with Crippen molar-refractivity contribution in [3.05, 3.63) is 30.3 Å². The monoisotopic (exact) mass is 351 g/mol. The Bertz CT molecular complexity index is 538. The lowest BCUT2D eigenvalue weighted by Crippen LogP contribution is -2.40. The number of ether oxygens (including phenoxy) is 3. The van der Waals surface area contributed by atoms with Crippen molar-refractivity contribution in [2.75, 3.05) is 6.61 Å². The van der Waals surface area contributed by atoms with E-state index in [0.29, 0.717) is 18.8 Å². The average molecular weight is 351 g/mol. The fraction of sp³-hybridized carbons (Fsp3) is 0.579. The highest BCUT2D eigenvalue weighted by atomic mass is 16.6. The van der Waals surface area contributed by atoms with Crippen LogP contribution in [0.5, 0.6) is 5.75 Å². The van der Waals surface area contributed by atoms with E-state index in [0.717, 1.165) is 0 Å². The van der Waals surface area contributed by atoms with Crippen LogP contribution in [-0.2, 0) is 19.1 Å². The zero-order valence-electron chi connectivity index (χ0n) is 15.5. The quantitative estimate of drug-likeness (QED) is 0.688. The predicted molar refractivity (Wildman–Crippen MR) is 95.2 cm³/mol. The molecule has 140 valence electrons. The minimum atomic E-state index is -0.824. The van der Waals surface area contributed by atoms with Crippen LogP contribution in [0.4, 0.5) is 0 Å². The highest BCUT2D eigenvalue weighted by Crippen LogP contribution is 2.18. The van der Waals surface area contributed by atoms with Crippen LogP contribution >= 0.6 is 0 Å². The lowest BCUT2D eigenvalue weighted by molar-refractivity contribution is -0.157. The second-order valence-electron chi connectivity index (χ2n) is 6.77. The summed E-state index contributed by atoms with van der Waals surface area (Å²) >= 11 is 0. The van der Waals surface area contributed by atoms with Gasteiger partial charge in [0.15, 0.2) is 0 Å². The standard InChI is InChI=1S/C19H29NO5/c1-5-23-17(21)12-11-15(24-14-9-7-6-8-10-14)13-16(20)18(22)25-19(2,3)4/h6-10,15-16H,5,11-13,20H2,1-4H3. The molecule has 0 spiro atoms. The number of nitrogens with two attached hydrogens (primary N) is 1. The molecule has 1 aromatic rings. The van der Waals surface area contributed by atoms with Crippen LogP contribution in [-0.4, -0.2) is 36.3 Å². The zero-order valence-corrected chi connectivity index (χ0v) is 15.5. The molecule has 2 atom stereocenters. The molecule has 0 amide bonds. The van der Waals surface area contributed by atoms with Crippen LogP contribution < -0.4 is 10.5 Å². The summed E-state index contributed by atoms with van der Waals surface area (Å²) in [7, 11) is 0. The Morgan fingerprint density at radius 1 is 1.16 bits per heavy atom. The molecule has 0 fully saturated rings. The van der Waals surface area contributed by atoms with Crippen molar-refractivity contribution < 1.29 is 23.8 Å². The van der Waals surface area contributed by atoms with Crippen LogP contribution in [0.15, 0.2) is 30.3 Å². The number of carbonyl (C=O) groups is 2. The molecule has 0 radical (unpaired) electrons. The summed E-state index contributed by atoms with van der Waals surface area (Å²) in [5.41, 5.74) is 5.37. The van der Waals surface area contributed by atoms with Gasteiger partial charge in [-0.3, -0.25) is 9.59 Å². The van der Waals surface area contributed by atoms with E-state index in [1.807, 2.05) is 30.3 Å². The van der Waals surface area contributed by atoms with Gasteiger partial charge in [0.2, 0.25) is 0 Å². The van der Waals surface area contributed by atoms with Gasteiger partial charge in [-0.25, -0.2) is 0 Å². The second-order valence-corrected chi connectivity index (χ2v) is 6.77. The van der Waals surface area contributed by atoms with Crippen LogP contribution in [0.25, 0.3) is 0 Å². The molecule has 2 N–H and O–H groups in total. The van der Waals surface area contributed by atoms with Gasteiger partial charge in [0.05, 0.1) is 6.61 Å². The Morgan fingerprint density at radius 3 is 2.36 bits per heavy atom. The van der Waals surface area contributed by atoms with Gasteiger partial charge in [-0.2, -0.15) is 0 Å². The first-order valence-corrected chi connectivity index (χ1v) is 8.57. The van der Waals surface area contributed by atoms with E-state index in [1.54, 1.807) is 27.7 Å². The van der Waals surface area contributed by atoms with Crippen LogP contribution in [0, 0.1) is 0 Å². The van der Waals surface area contributed by atoms with E-state index in [9.17, 15) is 9.59 Å². The predicted octanol–water partition coefficient (Wildman–Crippen LogP) is 2.84.